The fraction of sp³-hybridized carbons (Fsp3) is 0.308. The molecule has 1 amide bonds. The van der Waals surface area contributed by atoms with Crippen molar-refractivity contribution in [1.82, 2.24) is 20.5 Å². The van der Waals surface area contributed by atoms with Crippen LogP contribution in [0.2, 0.25) is 0 Å². The Morgan fingerprint density at radius 2 is 2.35 bits per heavy atom. The maximum absolute atomic E-state index is 13.1. The molecule has 20 heavy (non-hydrogen) atoms. The van der Waals surface area contributed by atoms with Gasteiger partial charge in [0.25, 0.3) is 0 Å². The summed E-state index contributed by atoms with van der Waals surface area (Å²) < 4.78 is 13.9. The minimum absolute atomic E-state index is 0.120. The van der Waals surface area contributed by atoms with Gasteiger partial charge < -0.3 is 5.32 Å². The molecule has 106 valence electrons. The van der Waals surface area contributed by atoms with Crippen molar-refractivity contribution in [1.29, 1.82) is 0 Å². The summed E-state index contributed by atoms with van der Waals surface area (Å²) in [6.45, 7) is 1.82. The number of aromatic amines is 1. The molecule has 0 saturated carbocycles. The number of aromatic nitrogens is 3. The Balaban J connectivity index is 1.87. The van der Waals surface area contributed by atoms with Gasteiger partial charge in [-0.05, 0) is 37.1 Å². The summed E-state index contributed by atoms with van der Waals surface area (Å²) in [4.78, 5) is 15.8. The summed E-state index contributed by atoms with van der Waals surface area (Å²) in [5.41, 5.74) is 0.771. The van der Waals surface area contributed by atoms with E-state index in [9.17, 15) is 9.18 Å². The van der Waals surface area contributed by atoms with Crippen molar-refractivity contribution >= 4 is 21.8 Å². The highest BCUT2D eigenvalue weighted by molar-refractivity contribution is 9.10. The second kappa shape index (κ2) is 6.60. The van der Waals surface area contributed by atoms with Gasteiger partial charge >= 0.3 is 0 Å². The third-order valence-electron chi connectivity index (χ3n) is 2.85. The number of H-pyrrole nitrogens is 1. The lowest BCUT2D eigenvalue weighted by atomic mass is 10.1. The molecule has 5 nitrogen and oxygen atoms in total. The molecule has 7 heteroatoms. The lowest BCUT2D eigenvalue weighted by Gasteiger charge is -2.11. The number of hydrogen-bond acceptors (Lipinski definition) is 3. The van der Waals surface area contributed by atoms with E-state index in [1.165, 1.54) is 18.5 Å². The first-order chi connectivity index (χ1) is 9.56. The first-order valence-electron chi connectivity index (χ1n) is 6.15. The van der Waals surface area contributed by atoms with E-state index in [0.717, 1.165) is 10.0 Å². The van der Waals surface area contributed by atoms with E-state index in [-0.39, 0.29) is 24.2 Å². The average molecular weight is 341 g/mol. The van der Waals surface area contributed by atoms with Gasteiger partial charge in [-0.1, -0.05) is 15.9 Å². The summed E-state index contributed by atoms with van der Waals surface area (Å²) in [5.74, 6) is 0.175. The molecule has 1 heterocycles. The molecule has 0 aliphatic rings. The van der Waals surface area contributed by atoms with E-state index >= 15 is 0 Å². The number of nitrogens with zero attached hydrogens (tertiary/aromatic N) is 2. The Labute approximate surface area is 124 Å². The summed E-state index contributed by atoms with van der Waals surface area (Å²) in [6, 6.07) is 4.21. The van der Waals surface area contributed by atoms with Crippen molar-refractivity contribution in [3.63, 3.8) is 0 Å². The lowest BCUT2D eigenvalue weighted by molar-refractivity contribution is -0.121. The molecule has 0 aliphatic heterocycles. The number of benzene rings is 1. The molecule has 0 saturated heterocycles. The molecule has 0 radical (unpaired) electrons. The fourth-order valence-electron chi connectivity index (χ4n) is 1.79. The number of hydrogen-bond donors (Lipinski definition) is 2. The maximum atomic E-state index is 13.1. The summed E-state index contributed by atoms with van der Waals surface area (Å²) in [7, 11) is 0. The molecule has 0 fully saturated rings. The molecular weight excluding hydrogens is 327 g/mol. The van der Waals surface area contributed by atoms with Crippen LogP contribution in [0.4, 0.5) is 4.39 Å². The van der Waals surface area contributed by atoms with E-state index in [0.29, 0.717) is 12.2 Å². The zero-order valence-electron chi connectivity index (χ0n) is 10.9. The normalized spacial score (nSPS) is 12.2. The van der Waals surface area contributed by atoms with Crippen LogP contribution in [0.25, 0.3) is 0 Å². The summed E-state index contributed by atoms with van der Waals surface area (Å²) in [6.07, 6.45) is 2.13. The molecule has 0 bridgehead atoms. The molecule has 0 spiro atoms. The Morgan fingerprint density at radius 3 is 3.05 bits per heavy atom. The SMILES string of the molecule is C[C@H](NC(=O)CCc1cc(F)ccc1Br)c1ncn[nH]1. The standard InChI is InChI=1S/C13H14BrFN4O/c1-8(13-16-7-17-19-13)18-12(20)5-2-9-6-10(15)3-4-11(9)14/h3-4,6-8H,2,5H2,1H3,(H,18,20)(H,16,17,19)/t8-/m0/s1. The molecule has 2 rings (SSSR count). The third kappa shape index (κ3) is 3.86. The van der Waals surface area contributed by atoms with Crippen LogP contribution in [0.15, 0.2) is 29.0 Å². The van der Waals surface area contributed by atoms with Crippen molar-refractivity contribution < 1.29 is 9.18 Å². The highest BCUT2D eigenvalue weighted by Gasteiger charge is 2.12. The Hall–Kier alpha value is -1.76. The van der Waals surface area contributed by atoms with E-state index in [4.69, 9.17) is 0 Å². The molecule has 1 aromatic heterocycles. The fourth-order valence-corrected chi connectivity index (χ4v) is 2.23. The minimum atomic E-state index is -0.307. The highest BCUT2D eigenvalue weighted by Crippen LogP contribution is 2.19. The van der Waals surface area contributed by atoms with E-state index in [1.54, 1.807) is 6.07 Å². The first-order valence-corrected chi connectivity index (χ1v) is 6.94. The van der Waals surface area contributed by atoms with Crippen LogP contribution in [0, 0.1) is 5.82 Å². The Bertz CT molecular complexity index is 588. The van der Waals surface area contributed by atoms with Crippen LogP contribution in [0.3, 0.4) is 0 Å². The van der Waals surface area contributed by atoms with Gasteiger partial charge in [0.1, 0.15) is 18.0 Å². The van der Waals surface area contributed by atoms with Crippen molar-refractivity contribution in [2.24, 2.45) is 0 Å². The Morgan fingerprint density at radius 1 is 1.55 bits per heavy atom. The third-order valence-corrected chi connectivity index (χ3v) is 3.62. The van der Waals surface area contributed by atoms with Gasteiger partial charge in [-0.2, -0.15) is 5.10 Å². The van der Waals surface area contributed by atoms with Crippen LogP contribution >= 0.6 is 15.9 Å². The monoisotopic (exact) mass is 340 g/mol. The molecule has 0 unspecified atom stereocenters. The summed E-state index contributed by atoms with van der Waals surface area (Å²) >= 11 is 3.34. The average Bonchev–Trinajstić information content (AvgIpc) is 2.94. The second-order valence-corrected chi connectivity index (χ2v) is 5.25. The zero-order chi connectivity index (χ0) is 14.5. The lowest BCUT2D eigenvalue weighted by Crippen LogP contribution is -2.27. The van der Waals surface area contributed by atoms with Crippen molar-refractivity contribution in [3.05, 3.63) is 46.2 Å². The highest BCUT2D eigenvalue weighted by atomic mass is 79.9. The van der Waals surface area contributed by atoms with Crippen molar-refractivity contribution in [3.8, 4) is 0 Å². The molecular formula is C13H14BrFN4O. The number of halogens is 2. The minimum Gasteiger partial charge on any atom is -0.346 e. The zero-order valence-corrected chi connectivity index (χ0v) is 12.4. The van der Waals surface area contributed by atoms with Crippen LogP contribution in [0.1, 0.15) is 30.8 Å². The molecule has 2 N–H and O–H groups in total. The topological polar surface area (TPSA) is 70.7 Å². The quantitative estimate of drug-likeness (QED) is 0.878. The predicted molar refractivity (Wildman–Crippen MR) is 75.4 cm³/mol. The van der Waals surface area contributed by atoms with Gasteiger partial charge in [0.15, 0.2) is 0 Å². The van der Waals surface area contributed by atoms with Crippen molar-refractivity contribution in [2.75, 3.05) is 0 Å². The molecule has 1 atom stereocenters. The van der Waals surface area contributed by atoms with Gasteiger partial charge in [0.05, 0.1) is 6.04 Å². The Kier molecular flexibility index (Phi) is 4.84. The van der Waals surface area contributed by atoms with Gasteiger partial charge in [-0.3, -0.25) is 9.89 Å². The molecule has 1 aromatic carbocycles. The van der Waals surface area contributed by atoms with Gasteiger partial charge in [-0.15, -0.1) is 0 Å². The number of rotatable bonds is 5. The van der Waals surface area contributed by atoms with E-state index in [1.807, 2.05) is 6.92 Å². The smallest absolute Gasteiger partial charge is 0.220 e. The van der Waals surface area contributed by atoms with Gasteiger partial charge in [0.2, 0.25) is 5.91 Å². The predicted octanol–water partition coefficient (Wildman–Crippen LogP) is 2.52. The number of aryl methyl sites for hydroxylation is 1. The number of amides is 1. The van der Waals surface area contributed by atoms with Gasteiger partial charge in [-0.25, -0.2) is 9.37 Å². The molecule has 0 aliphatic carbocycles. The first kappa shape index (κ1) is 14.6. The second-order valence-electron chi connectivity index (χ2n) is 4.40. The van der Waals surface area contributed by atoms with Crippen LogP contribution in [-0.4, -0.2) is 21.1 Å². The van der Waals surface area contributed by atoms with Gasteiger partial charge in [0, 0.05) is 10.9 Å². The number of carbonyl (C=O) groups is 1. The van der Waals surface area contributed by atoms with Crippen LogP contribution in [-0.2, 0) is 11.2 Å². The largest absolute Gasteiger partial charge is 0.346 e. The summed E-state index contributed by atoms with van der Waals surface area (Å²) in [5, 5.41) is 9.23. The maximum Gasteiger partial charge on any atom is 0.220 e. The van der Waals surface area contributed by atoms with Crippen LogP contribution in [0.5, 0.6) is 0 Å². The molecule has 2 aromatic rings. The number of nitrogens with one attached hydrogen (secondary N) is 2. The van der Waals surface area contributed by atoms with E-state index in [2.05, 4.69) is 36.4 Å². The number of carbonyl (C=O) groups excluding carboxylic acids is 1. The van der Waals surface area contributed by atoms with E-state index < -0.39 is 0 Å². The van der Waals surface area contributed by atoms with Crippen molar-refractivity contribution in [2.45, 2.75) is 25.8 Å². The van der Waals surface area contributed by atoms with Crippen LogP contribution < -0.4 is 5.32 Å².